The molecule has 1 fully saturated rings. The maximum Gasteiger partial charge on any atom is 0.131 e. The van der Waals surface area contributed by atoms with E-state index >= 15 is 4.39 Å². The number of nitrogen functional groups attached to an aromatic ring is 1. The summed E-state index contributed by atoms with van der Waals surface area (Å²) in [5.41, 5.74) is 12.2. The fourth-order valence-corrected chi connectivity index (χ4v) is 4.81. The molecule has 150 valence electrons. The highest BCUT2D eigenvalue weighted by Crippen LogP contribution is 2.43. The molecule has 4 nitrogen and oxygen atoms in total. The molecule has 0 atom stereocenters. The van der Waals surface area contributed by atoms with Crippen molar-refractivity contribution in [2.24, 2.45) is 0 Å². The summed E-state index contributed by atoms with van der Waals surface area (Å²) in [6.07, 6.45) is 3.04. The van der Waals surface area contributed by atoms with Crippen molar-refractivity contribution >= 4 is 16.6 Å². The van der Waals surface area contributed by atoms with Gasteiger partial charge in [-0.3, -0.25) is 0 Å². The second-order valence-corrected chi connectivity index (χ2v) is 8.23. The van der Waals surface area contributed by atoms with E-state index in [1.54, 1.807) is 6.07 Å². The molecule has 0 amide bonds. The predicted octanol–water partition coefficient (Wildman–Crippen LogP) is 5.30. The fraction of sp³-hybridized carbons (Fsp3) is 0.375. The number of anilines is 1. The summed E-state index contributed by atoms with van der Waals surface area (Å²) in [6, 6.07) is 9.42. The third-order valence-corrected chi connectivity index (χ3v) is 6.45. The van der Waals surface area contributed by atoms with Crippen LogP contribution in [0.3, 0.4) is 0 Å². The smallest absolute Gasteiger partial charge is 0.131 e. The fourth-order valence-electron chi connectivity index (χ4n) is 4.81. The highest BCUT2D eigenvalue weighted by molar-refractivity contribution is 6.00. The number of aryl methyl sites for hydroxylation is 1. The number of aromatic nitrogens is 1. The zero-order valence-electron chi connectivity index (χ0n) is 17.1. The maximum absolute atomic E-state index is 15.0. The lowest BCUT2D eigenvalue weighted by atomic mass is 9.92. The van der Waals surface area contributed by atoms with Gasteiger partial charge in [-0.25, -0.2) is 4.39 Å². The van der Waals surface area contributed by atoms with Gasteiger partial charge in [0.25, 0.3) is 0 Å². The Morgan fingerprint density at radius 1 is 1.10 bits per heavy atom. The Morgan fingerprint density at radius 3 is 2.45 bits per heavy atom. The summed E-state index contributed by atoms with van der Waals surface area (Å²) in [7, 11) is 0. The normalized spacial score (nSPS) is 19.4. The van der Waals surface area contributed by atoms with Crippen molar-refractivity contribution in [1.29, 1.82) is 5.26 Å². The van der Waals surface area contributed by atoms with Crippen LogP contribution < -0.4 is 5.73 Å². The first-order chi connectivity index (χ1) is 13.8. The first kappa shape index (κ1) is 19.5. The molecule has 3 N–H and O–H groups in total. The summed E-state index contributed by atoms with van der Waals surface area (Å²) >= 11 is 0. The number of nitriles is 1. The Morgan fingerprint density at radius 2 is 1.79 bits per heavy atom. The molecule has 0 unspecified atom stereocenters. The molecule has 1 aromatic heterocycles. The average Bonchev–Trinajstić information content (AvgIpc) is 2.96. The highest BCUT2D eigenvalue weighted by atomic mass is 19.1. The topological polar surface area (TPSA) is 75.0 Å². The van der Waals surface area contributed by atoms with Gasteiger partial charge in [-0.05, 0) is 81.8 Å². The molecule has 0 aliphatic heterocycles. The summed E-state index contributed by atoms with van der Waals surface area (Å²) < 4.78 is 17.3. The summed E-state index contributed by atoms with van der Waals surface area (Å²) in [5, 5.41) is 20.4. The van der Waals surface area contributed by atoms with Crippen LogP contribution in [-0.2, 0) is 0 Å². The minimum absolute atomic E-state index is 0.242. The van der Waals surface area contributed by atoms with Crippen molar-refractivity contribution < 1.29 is 9.50 Å². The van der Waals surface area contributed by atoms with Crippen LogP contribution in [0.5, 0.6) is 0 Å². The molecule has 3 aromatic rings. The van der Waals surface area contributed by atoms with Crippen LogP contribution in [0.15, 0.2) is 24.3 Å². The zero-order valence-corrected chi connectivity index (χ0v) is 17.1. The Hall–Kier alpha value is -2.84. The van der Waals surface area contributed by atoms with Gasteiger partial charge in [0.1, 0.15) is 5.82 Å². The lowest BCUT2D eigenvalue weighted by molar-refractivity contribution is 0.111. The van der Waals surface area contributed by atoms with Crippen molar-refractivity contribution in [3.8, 4) is 17.2 Å². The van der Waals surface area contributed by atoms with Gasteiger partial charge >= 0.3 is 0 Å². The van der Waals surface area contributed by atoms with Crippen molar-refractivity contribution in [3.05, 3.63) is 52.5 Å². The zero-order chi connectivity index (χ0) is 20.9. The van der Waals surface area contributed by atoms with E-state index in [9.17, 15) is 10.4 Å². The molecule has 1 aliphatic rings. The number of nitrogens with two attached hydrogens (primary N) is 1. The van der Waals surface area contributed by atoms with Crippen LogP contribution in [0.2, 0.25) is 0 Å². The minimum atomic E-state index is -0.308. The van der Waals surface area contributed by atoms with E-state index < -0.39 is 0 Å². The standard InChI is InChI=1S/C24H26FN3O/c1-13-10-22-19(11-16(13)12-26)24(23-14(2)21(27)9-8-20(23)25)15(3)28(22)17-4-6-18(29)7-5-17/h8-11,17-18,29H,4-7,27H2,1-3H3/t17-,18+. The molecule has 0 spiro atoms. The number of hydrogen-bond donors (Lipinski definition) is 2. The van der Waals surface area contributed by atoms with Crippen molar-refractivity contribution in [3.63, 3.8) is 0 Å². The van der Waals surface area contributed by atoms with Crippen LogP contribution in [0.25, 0.3) is 22.0 Å². The molecule has 1 heterocycles. The van der Waals surface area contributed by atoms with E-state index in [-0.39, 0.29) is 18.0 Å². The number of hydrogen-bond acceptors (Lipinski definition) is 3. The van der Waals surface area contributed by atoms with E-state index in [2.05, 4.69) is 10.6 Å². The molecule has 29 heavy (non-hydrogen) atoms. The van der Waals surface area contributed by atoms with Gasteiger partial charge in [0.05, 0.1) is 17.7 Å². The first-order valence-electron chi connectivity index (χ1n) is 10.1. The largest absolute Gasteiger partial charge is 0.398 e. The molecule has 0 radical (unpaired) electrons. The molecule has 0 bridgehead atoms. The number of aliphatic hydroxyl groups excluding tert-OH is 1. The molecular formula is C24H26FN3O. The lowest BCUT2D eigenvalue weighted by Crippen LogP contribution is -2.21. The molecule has 0 saturated heterocycles. The number of nitrogens with zero attached hydrogens (tertiary/aromatic N) is 2. The number of benzene rings is 2. The second kappa shape index (κ2) is 7.20. The average molecular weight is 391 g/mol. The summed E-state index contributed by atoms with van der Waals surface area (Å²) in [4.78, 5) is 0. The van der Waals surface area contributed by atoms with E-state index in [1.807, 2.05) is 32.9 Å². The summed E-state index contributed by atoms with van der Waals surface area (Å²) in [5.74, 6) is -0.308. The van der Waals surface area contributed by atoms with Crippen LogP contribution >= 0.6 is 0 Å². The van der Waals surface area contributed by atoms with E-state index in [0.29, 0.717) is 22.4 Å². The Labute approximate surface area is 170 Å². The van der Waals surface area contributed by atoms with Crippen molar-refractivity contribution in [1.82, 2.24) is 4.57 Å². The molecule has 4 rings (SSSR count). The van der Waals surface area contributed by atoms with Crippen LogP contribution in [0, 0.1) is 37.9 Å². The SMILES string of the molecule is Cc1cc2c(cc1C#N)c(-c1c(F)ccc(N)c1C)c(C)n2[C@H]1CC[C@@H](O)CC1. The molecule has 5 heteroatoms. The highest BCUT2D eigenvalue weighted by Gasteiger charge is 2.27. The third-order valence-electron chi connectivity index (χ3n) is 6.45. The first-order valence-corrected chi connectivity index (χ1v) is 10.1. The van der Waals surface area contributed by atoms with Gasteiger partial charge in [-0.15, -0.1) is 0 Å². The second-order valence-electron chi connectivity index (χ2n) is 8.23. The monoisotopic (exact) mass is 391 g/mol. The van der Waals surface area contributed by atoms with Crippen molar-refractivity contribution in [2.45, 2.75) is 58.6 Å². The molecule has 2 aromatic carbocycles. The Kier molecular flexibility index (Phi) is 4.84. The van der Waals surface area contributed by atoms with Crippen LogP contribution in [0.4, 0.5) is 10.1 Å². The molecular weight excluding hydrogens is 365 g/mol. The lowest BCUT2D eigenvalue weighted by Gasteiger charge is -2.29. The maximum atomic E-state index is 15.0. The van der Waals surface area contributed by atoms with Crippen LogP contribution in [-0.4, -0.2) is 15.8 Å². The quantitative estimate of drug-likeness (QED) is 0.582. The van der Waals surface area contributed by atoms with E-state index in [1.165, 1.54) is 6.07 Å². The number of aliphatic hydroxyl groups is 1. The number of halogens is 1. The van der Waals surface area contributed by atoms with E-state index in [0.717, 1.165) is 53.4 Å². The van der Waals surface area contributed by atoms with Gasteiger partial charge in [0.2, 0.25) is 0 Å². The van der Waals surface area contributed by atoms with Gasteiger partial charge in [-0.2, -0.15) is 5.26 Å². The Balaban J connectivity index is 2.07. The van der Waals surface area contributed by atoms with E-state index in [4.69, 9.17) is 5.73 Å². The minimum Gasteiger partial charge on any atom is -0.398 e. The van der Waals surface area contributed by atoms with Crippen molar-refractivity contribution in [2.75, 3.05) is 5.73 Å². The van der Waals surface area contributed by atoms with Gasteiger partial charge in [0.15, 0.2) is 0 Å². The molecule has 1 saturated carbocycles. The van der Waals surface area contributed by atoms with Gasteiger partial charge in [-0.1, -0.05) is 0 Å². The van der Waals surface area contributed by atoms with Crippen LogP contribution in [0.1, 0.15) is 54.1 Å². The Bertz CT molecular complexity index is 1150. The number of fused-ring (bicyclic) bond motifs is 1. The van der Waals surface area contributed by atoms with Gasteiger partial charge in [0, 0.05) is 39.5 Å². The third kappa shape index (κ3) is 3.08. The summed E-state index contributed by atoms with van der Waals surface area (Å²) in [6.45, 7) is 5.79. The molecule has 1 aliphatic carbocycles. The van der Waals surface area contributed by atoms with Gasteiger partial charge < -0.3 is 15.4 Å². The number of rotatable bonds is 2. The predicted molar refractivity (Wildman–Crippen MR) is 114 cm³/mol.